The zero-order valence-electron chi connectivity index (χ0n) is 11.3. The molecule has 8 nitrogen and oxygen atoms in total. The van der Waals surface area contributed by atoms with E-state index in [0.29, 0.717) is 17.1 Å². The highest BCUT2D eigenvalue weighted by atomic mass is 16.5. The summed E-state index contributed by atoms with van der Waals surface area (Å²) >= 11 is 0. The van der Waals surface area contributed by atoms with Crippen LogP contribution in [-0.4, -0.2) is 51.5 Å². The molecule has 0 radical (unpaired) electrons. The number of aliphatic hydroxyl groups is 1. The van der Waals surface area contributed by atoms with Gasteiger partial charge in [0.1, 0.15) is 12.3 Å². The van der Waals surface area contributed by atoms with Crippen molar-refractivity contribution in [2.24, 2.45) is 7.05 Å². The second-order valence-corrected chi connectivity index (χ2v) is 3.89. The fourth-order valence-electron chi connectivity index (χ4n) is 1.77. The monoisotopic (exact) mass is 278 g/mol. The number of methoxy groups -OCH3 is 2. The fourth-order valence-corrected chi connectivity index (χ4v) is 1.77. The number of hydrogen-bond acceptors (Lipinski definition) is 7. The summed E-state index contributed by atoms with van der Waals surface area (Å²) in [5.74, 6) is -0.144. The molecule has 0 bridgehead atoms. The number of hydrogen-bond donors (Lipinski definition) is 1. The van der Waals surface area contributed by atoms with E-state index in [1.807, 2.05) is 0 Å². The molecule has 0 unspecified atom stereocenters. The molecule has 0 aliphatic heterocycles. The Morgan fingerprint density at radius 1 is 1.35 bits per heavy atom. The summed E-state index contributed by atoms with van der Waals surface area (Å²) < 4.78 is 11.4. The summed E-state index contributed by atoms with van der Waals surface area (Å²) in [5.41, 5.74) is 1.17. The molecule has 2 heterocycles. The van der Waals surface area contributed by atoms with Crippen molar-refractivity contribution in [3.63, 3.8) is 0 Å². The van der Waals surface area contributed by atoms with Crippen LogP contribution in [0.2, 0.25) is 0 Å². The van der Waals surface area contributed by atoms with Gasteiger partial charge in [0.15, 0.2) is 0 Å². The highest BCUT2D eigenvalue weighted by molar-refractivity contribution is 6.01. The van der Waals surface area contributed by atoms with Gasteiger partial charge in [-0.1, -0.05) is 0 Å². The average molecular weight is 278 g/mol. The van der Waals surface area contributed by atoms with E-state index in [9.17, 15) is 4.79 Å². The van der Waals surface area contributed by atoms with Crippen LogP contribution in [0.25, 0.3) is 11.3 Å². The first kappa shape index (κ1) is 13.9. The predicted molar refractivity (Wildman–Crippen MR) is 68.8 cm³/mol. The van der Waals surface area contributed by atoms with E-state index in [4.69, 9.17) is 14.6 Å². The van der Waals surface area contributed by atoms with Crippen LogP contribution >= 0.6 is 0 Å². The third-order valence-electron chi connectivity index (χ3n) is 2.70. The minimum absolute atomic E-state index is 0.116. The van der Waals surface area contributed by atoms with Crippen molar-refractivity contribution >= 4 is 5.78 Å². The molecule has 8 heteroatoms. The predicted octanol–water partition coefficient (Wildman–Crippen LogP) is 0.0693. The van der Waals surface area contributed by atoms with E-state index in [1.165, 1.54) is 25.1 Å². The van der Waals surface area contributed by atoms with Crippen LogP contribution in [0, 0.1) is 0 Å². The minimum Gasteiger partial charge on any atom is -0.481 e. The molecule has 0 aromatic carbocycles. The summed E-state index contributed by atoms with van der Waals surface area (Å²) in [6.07, 6.45) is 1.49. The molecule has 0 atom stereocenters. The largest absolute Gasteiger partial charge is 0.481 e. The lowest BCUT2D eigenvalue weighted by atomic mass is 10.1. The van der Waals surface area contributed by atoms with Crippen molar-refractivity contribution in [2.45, 2.75) is 0 Å². The number of ketones is 1. The second-order valence-electron chi connectivity index (χ2n) is 3.89. The highest BCUT2D eigenvalue weighted by Gasteiger charge is 2.19. The van der Waals surface area contributed by atoms with Crippen LogP contribution in [-0.2, 0) is 7.05 Å². The molecular weight excluding hydrogens is 264 g/mol. The van der Waals surface area contributed by atoms with E-state index in [1.54, 1.807) is 13.1 Å². The van der Waals surface area contributed by atoms with E-state index in [2.05, 4.69) is 15.1 Å². The third-order valence-corrected chi connectivity index (χ3v) is 2.70. The van der Waals surface area contributed by atoms with E-state index in [-0.39, 0.29) is 11.7 Å². The molecule has 1 N–H and O–H groups in total. The van der Waals surface area contributed by atoms with Gasteiger partial charge in [0, 0.05) is 18.7 Å². The number of nitrogens with zero attached hydrogens (tertiary/aromatic N) is 4. The Hall–Kier alpha value is -2.48. The van der Waals surface area contributed by atoms with Gasteiger partial charge >= 0.3 is 6.01 Å². The lowest BCUT2D eigenvalue weighted by molar-refractivity contribution is 0.0895. The first-order valence-corrected chi connectivity index (χ1v) is 5.74. The number of carbonyl (C=O) groups is 1. The van der Waals surface area contributed by atoms with Crippen molar-refractivity contribution in [3.05, 3.63) is 18.0 Å². The maximum atomic E-state index is 11.8. The van der Waals surface area contributed by atoms with Crippen molar-refractivity contribution in [1.82, 2.24) is 19.7 Å². The Bertz CT molecular complexity index is 616. The minimum atomic E-state index is -0.605. The van der Waals surface area contributed by atoms with Gasteiger partial charge in [-0.25, -0.2) is 0 Å². The van der Waals surface area contributed by atoms with Crippen LogP contribution in [0.4, 0.5) is 0 Å². The average Bonchev–Trinajstić information content (AvgIpc) is 2.87. The highest BCUT2D eigenvalue weighted by Crippen LogP contribution is 2.26. The fraction of sp³-hybridized carbons (Fsp3) is 0.333. The Labute approximate surface area is 115 Å². The van der Waals surface area contributed by atoms with Gasteiger partial charge in [-0.05, 0) is 0 Å². The number of carbonyl (C=O) groups excluding carboxylic acids is 1. The van der Waals surface area contributed by atoms with Gasteiger partial charge in [-0.3, -0.25) is 9.48 Å². The lowest BCUT2D eigenvalue weighted by Gasteiger charge is -2.07. The maximum Gasteiger partial charge on any atom is 0.320 e. The quantitative estimate of drug-likeness (QED) is 0.772. The zero-order valence-corrected chi connectivity index (χ0v) is 11.3. The first-order chi connectivity index (χ1) is 9.60. The van der Waals surface area contributed by atoms with Crippen LogP contribution in [0.3, 0.4) is 0 Å². The maximum absolute atomic E-state index is 11.8. The Kier molecular flexibility index (Phi) is 3.94. The van der Waals surface area contributed by atoms with Crippen LogP contribution in [0.1, 0.15) is 10.5 Å². The lowest BCUT2D eigenvalue weighted by Crippen LogP contribution is -2.12. The van der Waals surface area contributed by atoms with Crippen LogP contribution in [0.15, 0.2) is 12.3 Å². The van der Waals surface area contributed by atoms with E-state index < -0.39 is 12.4 Å². The summed E-state index contributed by atoms with van der Waals surface area (Å²) in [6.45, 7) is -0.605. The summed E-state index contributed by atoms with van der Waals surface area (Å²) in [6, 6.07) is 1.68. The molecule has 0 spiro atoms. The summed E-state index contributed by atoms with van der Waals surface area (Å²) in [4.78, 5) is 19.9. The van der Waals surface area contributed by atoms with E-state index in [0.717, 1.165) is 0 Å². The van der Waals surface area contributed by atoms with Gasteiger partial charge in [-0.2, -0.15) is 15.1 Å². The van der Waals surface area contributed by atoms with Crippen molar-refractivity contribution < 1.29 is 19.4 Å². The molecule has 2 rings (SSSR count). The third kappa shape index (κ3) is 2.45. The van der Waals surface area contributed by atoms with Crippen LogP contribution < -0.4 is 9.47 Å². The smallest absolute Gasteiger partial charge is 0.320 e. The van der Waals surface area contributed by atoms with Gasteiger partial charge in [0.05, 0.1) is 26.1 Å². The molecule has 106 valence electrons. The normalized spacial score (nSPS) is 10.4. The molecule has 20 heavy (non-hydrogen) atoms. The number of Topliss-reactive ketones (excluding diaryl/α,β-unsaturated/α-hetero) is 1. The second kappa shape index (κ2) is 5.66. The molecule has 0 saturated heterocycles. The van der Waals surface area contributed by atoms with Gasteiger partial charge in [-0.15, -0.1) is 0 Å². The molecule has 0 aliphatic rings. The first-order valence-electron chi connectivity index (χ1n) is 5.74. The van der Waals surface area contributed by atoms with Crippen LogP contribution in [0.5, 0.6) is 11.9 Å². The number of aromatic nitrogens is 4. The summed E-state index contributed by atoms with van der Waals surface area (Å²) in [5, 5.41) is 13.0. The SMILES string of the molecule is COc1cc(-c2cnn(C)c2C(=O)CO)nc(OC)n1. The molecular formula is C12H14N4O4. The Morgan fingerprint density at radius 2 is 2.10 bits per heavy atom. The van der Waals surface area contributed by atoms with Gasteiger partial charge in [0.2, 0.25) is 11.7 Å². The molecule has 2 aromatic heterocycles. The number of aliphatic hydroxyl groups excluding tert-OH is 1. The number of aryl methyl sites for hydroxylation is 1. The van der Waals surface area contributed by atoms with Gasteiger partial charge in [0.25, 0.3) is 0 Å². The topological polar surface area (TPSA) is 99.4 Å². The standard InChI is InChI=1S/C12H14N4O4/c1-16-11(9(18)6-17)7(5-13-16)8-4-10(19-2)15-12(14-8)20-3/h4-5,17H,6H2,1-3H3. The molecule has 0 amide bonds. The van der Waals surface area contributed by atoms with Crippen molar-refractivity contribution in [1.29, 1.82) is 0 Å². The molecule has 0 fully saturated rings. The number of rotatable bonds is 5. The van der Waals surface area contributed by atoms with Crippen molar-refractivity contribution in [3.8, 4) is 23.1 Å². The zero-order chi connectivity index (χ0) is 14.7. The van der Waals surface area contributed by atoms with E-state index >= 15 is 0 Å². The molecule has 0 aliphatic carbocycles. The molecule has 0 saturated carbocycles. The van der Waals surface area contributed by atoms with Gasteiger partial charge < -0.3 is 14.6 Å². The summed E-state index contributed by atoms with van der Waals surface area (Å²) in [7, 11) is 4.51. The Morgan fingerprint density at radius 3 is 2.70 bits per heavy atom. The number of ether oxygens (including phenoxy) is 2. The Balaban J connectivity index is 2.59. The van der Waals surface area contributed by atoms with Crippen molar-refractivity contribution in [2.75, 3.05) is 20.8 Å². The molecule has 2 aromatic rings.